The van der Waals surface area contributed by atoms with Crippen LogP contribution >= 0.6 is 0 Å². The third-order valence-electron chi connectivity index (χ3n) is 3.76. The summed E-state index contributed by atoms with van der Waals surface area (Å²) >= 11 is 0. The number of aliphatic hydroxyl groups excluding tert-OH is 1. The van der Waals surface area contributed by atoms with Crippen LogP contribution in [0.5, 0.6) is 0 Å². The number of hydrogen-bond donors (Lipinski definition) is 1. The van der Waals surface area contributed by atoms with Crippen molar-refractivity contribution < 1.29 is 5.11 Å². The normalized spacial score (nSPS) is 16.3. The van der Waals surface area contributed by atoms with Crippen LogP contribution in [0.25, 0.3) is 5.78 Å². The van der Waals surface area contributed by atoms with E-state index in [4.69, 9.17) is 0 Å². The zero-order valence-electron chi connectivity index (χ0n) is 11.2. The highest BCUT2D eigenvalue weighted by Crippen LogP contribution is 2.28. The molecule has 1 N–H and O–H groups in total. The second kappa shape index (κ2) is 5.13. The van der Waals surface area contributed by atoms with Crippen molar-refractivity contribution in [2.75, 3.05) is 18.1 Å². The van der Waals surface area contributed by atoms with Crippen molar-refractivity contribution in [3.63, 3.8) is 0 Å². The molecule has 0 aliphatic heterocycles. The fourth-order valence-electron chi connectivity index (χ4n) is 2.92. The third kappa shape index (κ3) is 2.28. The zero-order chi connectivity index (χ0) is 13.2. The number of anilines is 1. The number of aryl methyl sites for hydroxylation is 1. The molecule has 1 saturated carbocycles. The van der Waals surface area contributed by atoms with E-state index >= 15 is 0 Å². The molecule has 0 aromatic carbocycles. The van der Waals surface area contributed by atoms with E-state index in [1.165, 1.54) is 32.0 Å². The predicted octanol–water partition coefficient (Wildman–Crippen LogP) is 1.17. The van der Waals surface area contributed by atoms with E-state index in [2.05, 4.69) is 20.0 Å². The van der Waals surface area contributed by atoms with E-state index < -0.39 is 0 Å². The van der Waals surface area contributed by atoms with Gasteiger partial charge in [-0.15, -0.1) is 0 Å². The summed E-state index contributed by atoms with van der Waals surface area (Å²) in [4.78, 5) is 10.8. The van der Waals surface area contributed by atoms with Gasteiger partial charge in [-0.05, 0) is 19.8 Å². The monoisotopic (exact) mass is 261 g/mol. The predicted molar refractivity (Wildman–Crippen MR) is 72.2 cm³/mol. The van der Waals surface area contributed by atoms with Crippen LogP contribution in [0.15, 0.2) is 12.4 Å². The van der Waals surface area contributed by atoms with Gasteiger partial charge in [0.25, 0.3) is 5.78 Å². The smallest absolute Gasteiger partial charge is 0.254 e. The van der Waals surface area contributed by atoms with Gasteiger partial charge in [0.15, 0.2) is 0 Å². The van der Waals surface area contributed by atoms with Crippen LogP contribution < -0.4 is 4.90 Å². The summed E-state index contributed by atoms with van der Waals surface area (Å²) in [6.45, 7) is 2.74. The van der Waals surface area contributed by atoms with Gasteiger partial charge < -0.3 is 10.0 Å². The summed E-state index contributed by atoms with van der Waals surface area (Å²) in [5.41, 5.74) is 0.927. The first-order valence-corrected chi connectivity index (χ1v) is 6.84. The zero-order valence-corrected chi connectivity index (χ0v) is 11.2. The molecule has 102 valence electrons. The van der Waals surface area contributed by atoms with Crippen LogP contribution in [0.2, 0.25) is 0 Å². The van der Waals surface area contributed by atoms with Crippen molar-refractivity contribution in [3.8, 4) is 0 Å². The van der Waals surface area contributed by atoms with Gasteiger partial charge in [-0.2, -0.15) is 14.6 Å². The maximum Gasteiger partial charge on any atom is 0.254 e. The molecule has 3 rings (SSSR count). The van der Waals surface area contributed by atoms with E-state index in [1.54, 1.807) is 4.52 Å². The summed E-state index contributed by atoms with van der Waals surface area (Å²) in [5.74, 6) is 1.61. The van der Waals surface area contributed by atoms with Gasteiger partial charge in [-0.3, -0.25) is 0 Å². The van der Waals surface area contributed by atoms with E-state index in [9.17, 15) is 5.11 Å². The molecule has 6 heteroatoms. The molecule has 0 bridgehead atoms. The third-order valence-corrected chi connectivity index (χ3v) is 3.76. The molecule has 0 saturated heterocycles. The van der Waals surface area contributed by atoms with Crippen molar-refractivity contribution >= 4 is 11.6 Å². The molecule has 19 heavy (non-hydrogen) atoms. The number of aromatic nitrogens is 4. The lowest BCUT2D eigenvalue weighted by atomic mass is 10.2. The van der Waals surface area contributed by atoms with Crippen molar-refractivity contribution in [1.82, 2.24) is 19.6 Å². The van der Waals surface area contributed by atoms with Crippen molar-refractivity contribution in [2.24, 2.45) is 0 Å². The van der Waals surface area contributed by atoms with Crippen molar-refractivity contribution in [3.05, 3.63) is 18.1 Å². The Morgan fingerprint density at radius 3 is 2.95 bits per heavy atom. The number of nitrogens with zero attached hydrogens (tertiary/aromatic N) is 5. The Hall–Kier alpha value is -1.69. The molecule has 1 fully saturated rings. The van der Waals surface area contributed by atoms with Crippen molar-refractivity contribution in [1.29, 1.82) is 0 Å². The van der Waals surface area contributed by atoms with Gasteiger partial charge in [0.05, 0.1) is 6.61 Å². The number of fused-ring (bicyclic) bond motifs is 1. The average Bonchev–Trinajstić information content (AvgIpc) is 3.05. The van der Waals surface area contributed by atoms with Gasteiger partial charge >= 0.3 is 0 Å². The van der Waals surface area contributed by atoms with Crippen LogP contribution in [0.1, 0.15) is 31.4 Å². The summed E-state index contributed by atoms with van der Waals surface area (Å²) in [7, 11) is 0. The first-order valence-electron chi connectivity index (χ1n) is 6.84. The molecular weight excluding hydrogens is 242 g/mol. The molecule has 1 aliphatic carbocycles. The summed E-state index contributed by atoms with van der Waals surface area (Å²) in [6, 6.07) is 2.51. The van der Waals surface area contributed by atoms with Crippen LogP contribution in [-0.4, -0.2) is 43.9 Å². The van der Waals surface area contributed by atoms with Gasteiger partial charge in [-0.1, -0.05) is 12.8 Å². The van der Waals surface area contributed by atoms with E-state index in [0.29, 0.717) is 18.4 Å². The van der Waals surface area contributed by atoms with Crippen LogP contribution in [0, 0.1) is 6.92 Å². The second-order valence-corrected chi connectivity index (χ2v) is 5.08. The van der Waals surface area contributed by atoms with E-state index in [0.717, 1.165) is 11.5 Å². The molecule has 0 amide bonds. The Labute approximate surface area is 112 Å². The van der Waals surface area contributed by atoms with E-state index in [1.807, 2.05) is 13.0 Å². The fraction of sp³-hybridized carbons (Fsp3) is 0.615. The minimum absolute atomic E-state index is 0.147. The SMILES string of the molecule is Cc1cc(N(CCO)C2CCCC2)n2ncnc2n1. The summed E-state index contributed by atoms with van der Waals surface area (Å²) in [6.07, 6.45) is 6.40. The Morgan fingerprint density at radius 2 is 2.21 bits per heavy atom. The molecule has 6 nitrogen and oxygen atoms in total. The Bertz CT molecular complexity index is 561. The minimum atomic E-state index is 0.147. The summed E-state index contributed by atoms with van der Waals surface area (Å²) in [5, 5.41) is 13.6. The number of rotatable bonds is 4. The first kappa shape index (κ1) is 12.3. The highest BCUT2D eigenvalue weighted by Gasteiger charge is 2.24. The van der Waals surface area contributed by atoms with Gasteiger partial charge in [0.2, 0.25) is 0 Å². The molecule has 0 atom stereocenters. The highest BCUT2D eigenvalue weighted by molar-refractivity contribution is 5.48. The van der Waals surface area contributed by atoms with Gasteiger partial charge in [0, 0.05) is 24.3 Å². The largest absolute Gasteiger partial charge is 0.395 e. The quantitative estimate of drug-likeness (QED) is 0.895. The van der Waals surface area contributed by atoms with Gasteiger partial charge in [0.1, 0.15) is 12.1 Å². The number of hydrogen-bond acceptors (Lipinski definition) is 5. The highest BCUT2D eigenvalue weighted by atomic mass is 16.3. The molecule has 0 radical (unpaired) electrons. The average molecular weight is 261 g/mol. The molecular formula is C13H19N5O. The lowest BCUT2D eigenvalue weighted by Gasteiger charge is -2.30. The lowest BCUT2D eigenvalue weighted by molar-refractivity contribution is 0.296. The minimum Gasteiger partial charge on any atom is -0.395 e. The lowest BCUT2D eigenvalue weighted by Crippen LogP contribution is -2.37. The molecule has 1 aliphatic rings. The Balaban J connectivity index is 2.05. The topological polar surface area (TPSA) is 66.5 Å². The maximum atomic E-state index is 9.35. The standard InChI is InChI=1S/C13H19N5O/c1-10-8-12(18-13(16-10)14-9-15-18)17(6-7-19)11-4-2-3-5-11/h8-9,11,19H,2-7H2,1H3. The van der Waals surface area contributed by atoms with Gasteiger partial charge in [-0.25, -0.2) is 4.98 Å². The Morgan fingerprint density at radius 1 is 1.42 bits per heavy atom. The number of aliphatic hydroxyl groups is 1. The second-order valence-electron chi connectivity index (χ2n) is 5.08. The molecule has 0 unspecified atom stereocenters. The van der Waals surface area contributed by atoms with Crippen LogP contribution in [0.4, 0.5) is 5.82 Å². The van der Waals surface area contributed by atoms with Crippen LogP contribution in [-0.2, 0) is 0 Å². The maximum absolute atomic E-state index is 9.35. The molecule has 2 aromatic rings. The summed E-state index contributed by atoms with van der Waals surface area (Å²) < 4.78 is 1.76. The fourth-order valence-corrected chi connectivity index (χ4v) is 2.92. The van der Waals surface area contributed by atoms with Crippen LogP contribution in [0.3, 0.4) is 0 Å². The van der Waals surface area contributed by atoms with Crippen molar-refractivity contribution in [2.45, 2.75) is 38.6 Å². The molecule has 2 aromatic heterocycles. The Kier molecular flexibility index (Phi) is 3.33. The molecule has 0 spiro atoms. The molecule has 2 heterocycles. The first-order chi connectivity index (χ1) is 9.29. The van der Waals surface area contributed by atoms with E-state index in [-0.39, 0.29) is 6.61 Å².